The molecular formula is C21H18N4O3S. The Morgan fingerprint density at radius 3 is 2.66 bits per heavy atom. The Morgan fingerprint density at radius 2 is 1.93 bits per heavy atom. The van der Waals surface area contributed by atoms with Gasteiger partial charge in [-0.25, -0.2) is 4.98 Å². The molecule has 1 aromatic carbocycles. The van der Waals surface area contributed by atoms with E-state index >= 15 is 0 Å². The molecule has 0 unspecified atom stereocenters. The number of carbonyl (C=O) groups excluding carboxylic acids is 3. The quantitative estimate of drug-likeness (QED) is 0.657. The van der Waals surface area contributed by atoms with Crippen LogP contribution in [0.25, 0.3) is 10.7 Å². The van der Waals surface area contributed by atoms with Crippen LogP contribution in [0.4, 0.5) is 0 Å². The maximum atomic E-state index is 12.5. The fourth-order valence-electron chi connectivity index (χ4n) is 3.14. The lowest BCUT2D eigenvalue weighted by Gasteiger charge is -2.17. The van der Waals surface area contributed by atoms with Crippen molar-refractivity contribution in [1.29, 1.82) is 0 Å². The second kappa shape index (κ2) is 7.56. The zero-order chi connectivity index (χ0) is 20.5. The van der Waals surface area contributed by atoms with E-state index in [0.29, 0.717) is 11.1 Å². The number of rotatable bonds is 5. The molecule has 0 atom stereocenters. The summed E-state index contributed by atoms with van der Waals surface area (Å²) in [7, 11) is 0. The fraction of sp³-hybridized carbons (Fsp3) is 0.190. The van der Waals surface area contributed by atoms with Gasteiger partial charge >= 0.3 is 0 Å². The van der Waals surface area contributed by atoms with E-state index in [-0.39, 0.29) is 35.9 Å². The Labute approximate surface area is 171 Å². The molecule has 1 aliphatic heterocycles. The van der Waals surface area contributed by atoms with Gasteiger partial charge < -0.3 is 5.32 Å². The number of fused-ring (bicyclic) bond motifs is 1. The van der Waals surface area contributed by atoms with Crippen LogP contribution in [0.2, 0.25) is 0 Å². The highest BCUT2D eigenvalue weighted by atomic mass is 32.1. The first-order valence-electron chi connectivity index (χ1n) is 9.11. The van der Waals surface area contributed by atoms with Gasteiger partial charge in [-0.2, -0.15) is 0 Å². The number of thiazole rings is 1. The number of aromatic nitrogens is 2. The molecule has 0 saturated heterocycles. The predicted octanol–water partition coefficient (Wildman–Crippen LogP) is 3.14. The van der Waals surface area contributed by atoms with Gasteiger partial charge in [0.15, 0.2) is 0 Å². The average Bonchev–Trinajstić information content (AvgIpc) is 3.30. The molecule has 8 heteroatoms. The average molecular weight is 406 g/mol. The molecule has 3 heterocycles. The Bertz CT molecular complexity index is 1110. The smallest absolute Gasteiger partial charge is 0.261 e. The Hall–Kier alpha value is -3.39. The van der Waals surface area contributed by atoms with Crippen LogP contribution < -0.4 is 5.32 Å². The molecule has 0 radical (unpaired) electrons. The molecule has 29 heavy (non-hydrogen) atoms. The molecule has 0 aliphatic carbocycles. The summed E-state index contributed by atoms with van der Waals surface area (Å²) in [4.78, 5) is 47.4. The number of benzene rings is 1. The van der Waals surface area contributed by atoms with Crippen molar-refractivity contribution in [3.05, 3.63) is 70.4 Å². The summed E-state index contributed by atoms with van der Waals surface area (Å²) in [6.07, 6.45) is 1.71. The lowest BCUT2D eigenvalue weighted by atomic mass is 10.1. The van der Waals surface area contributed by atoms with Crippen molar-refractivity contribution in [2.24, 2.45) is 0 Å². The van der Waals surface area contributed by atoms with E-state index in [1.54, 1.807) is 26.1 Å². The summed E-state index contributed by atoms with van der Waals surface area (Å²) in [5.41, 5.74) is 2.44. The van der Waals surface area contributed by atoms with Crippen LogP contribution in [0.3, 0.4) is 0 Å². The molecule has 4 rings (SSSR count). The van der Waals surface area contributed by atoms with E-state index < -0.39 is 0 Å². The molecule has 7 nitrogen and oxygen atoms in total. The topological polar surface area (TPSA) is 92.3 Å². The normalized spacial score (nSPS) is 13.1. The highest BCUT2D eigenvalue weighted by Crippen LogP contribution is 2.26. The standard InChI is InChI=1S/C21H18N4O3S/c1-12(2)25-20(27)15-7-6-13(9-16(15)21(25)28)18(26)23-10-14-11-29-19(24-14)17-5-3-4-8-22-17/h3-9,11-12H,10H2,1-2H3,(H,23,26). The Morgan fingerprint density at radius 1 is 1.14 bits per heavy atom. The second-order valence-electron chi connectivity index (χ2n) is 6.88. The Kier molecular flexibility index (Phi) is 4.94. The van der Waals surface area contributed by atoms with Crippen LogP contribution in [0.15, 0.2) is 48.0 Å². The number of carbonyl (C=O) groups is 3. The van der Waals surface area contributed by atoms with Gasteiger partial charge in [0, 0.05) is 23.2 Å². The van der Waals surface area contributed by atoms with Gasteiger partial charge in [-0.05, 0) is 44.2 Å². The summed E-state index contributed by atoms with van der Waals surface area (Å²) < 4.78 is 0. The highest BCUT2D eigenvalue weighted by molar-refractivity contribution is 7.13. The van der Waals surface area contributed by atoms with Crippen LogP contribution in [-0.2, 0) is 6.54 Å². The molecule has 2 aromatic heterocycles. The molecular weight excluding hydrogens is 388 g/mol. The van der Waals surface area contributed by atoms with E-state index in [1.165, 1.54) is 28.4 Å². The first kappa shape index (κ1) is 18.9. The van der Waals surface area contributed by atoms with Crippen molar-refractivity contribution in [3.8, 4) is 10.7 Å². The maximum absolute atomic E-state index is 12.5. The zero-order valence-electron chi connectivity index (χ0n) is 15.9. The number of hydrogen-bond acceptors (Lipinski definition) is 6. The van der Waals surface area contributed by atoms with Crippen molar-refractivity contribution in [2.75, 3.05) is 0 Å². The third-order valence-corrected chi connectivity index (χ3v) is 5.48. The van der Waals surface area contributed by atoms with Crippen LogP contribution in [0, 0.1) is 0 Å². The number of amides is 3. The number of imide groups is 1. The molecule has 0 spiro atoms. The SMILES string of the molecule is CC(C)N1C(=O)c2ccc(C(=O)NCc3csc(-c4ccccn4)n3)cc2C1=O. The molecule has 1 N–H and O–H groups in total. The van der Waals surface area contributed by atoms with Crippen molar-refractivity contribution in [2.45, 2.75) is 26.4 Å². The van der Waals surface area contributed by atoms with E-state index in [9.17, 15) is 14.4 Å². The number of nitrogens with one attached hydrogen (secondary N) is 1. The van der Waals surface area contributed by atoms with Crippen molar-refractivity contribution in [1.82, 2.24) is 20.2 Å². The van der Waals surface area contributed by atoms with Crippen LogP contribution in [0.5, 0.6) is 0 Å². The summed E-state index contributed by atoms with van der Waals surface area (Å²) in [6, 6.07) is 9.95. The van der Waals surface area contributed by atoms with E-state index in [1.807, 2.05) is 23.6 Å². The van der Waals surface area contributed by atoms with E-state index in [4.69, 9.17) is 0 Å². The van der Waals surface area contributed by atoms with Gasteiger partial charge in [-0.15, -0.1) is 11.3 Å². The van der Waals surface area contributed by atoms with Crippen molar-refractivity contribution in [3.63, 3.8) is 0 Å². The number of nitrogens with zero attached hydrogens (tertiary/aromatic N) is 3. The summed E-state index contributed by atoms with van der Waals surface area (Å²) in [5, 5.41) is 5.46. The van der Waals surface area contributed by atoms with Crippen LogP contribution >= 0.6 is 11.3 Å². The molecule has 1 aliphatic rings. The fourth-order valence-corrected chi connectivity index (χ4v) is 3.93. The minimum Gasteiger partial charge on any atom is -0.346 e. The van der Waals surface area contributed by atoms with E-state index in [2.05, 4.69) is 15.3 Å². The van der Waals surface area contributed by atoms with E-state index in [0.717, 1.165) is 16.4 Å². The third kappa shape index (κ3) is 3.54. The monoisotopic (exact) mass is 406 g/mol. The van der Waals surface area contributed by atoms with Gasteiger partial charge in [0.05, 0.1) is 29.1 Å². The second-order valence-corrected chi connectivity index (χ2v) is 7.73. The minimum atomic E-state index is -0.367. The highest BCUT2D eigenvalue weighted by Gasteiger charge is 2.37. The zero-order valence-corrected chi connectivity index (χ0v) is 16.7. The van der Waals surface area contributed by atoms with Gasteiger partial charge in [0.1, 0.15) is 5.01 Å². The number of hydrogen-bond donors (Lipinski definition) is 1. The van der Waals surface area contributed by atoms with Gasteiger partial charge in [0.25, 0.3) is 17.7 Å². The van der Waals surface area contributed by atoms with Crippen LogP contribution in [0.1, 0.15) is 50.6 Å². The van der Waals surface area contributed by atoms with Crippen molar-refractivity contribution >= 4 is 29.1 Å². The maximum Gasteiger partial charge on any atom is 0.261 e. The van der Waals surface area contributed by atoms with Gasteiger partial charge in [-0.1, -0.05) is 6.07 Å². The molecule has 3 aromatic rings. The lowest BCUT2D eigenvalue weighted by Crippen LogP contribution is -2.35. The number of pyridine rings is 1. The largest absolute Gasteiger partial charge is 0.346 e. The molecule has 0 saturated carbocycles. The van der Waals surface area contributed by atoms with Crippen LogP contribution in [-0.4, -0.2) is 38.6 Å². The minimum absolute atomic E-state index is 0.238. The van der Waals surface area contributed by atoms with Gasteiger partial charge in [0.2, 0.25) is 0 Å². The summed E-state index contributed by atoms with van der Waals surface area (Å²) in [6.45, 7) is 3.81. The Balaban J connectivity index is 1.46. The predicted molar refractivity (Wildman–Crippen MR) is 109 cm³/mol. The molecule has 146 valence electrons. The van der Waals surface area contributed by atoms with Crippen molar-refractivity contribution < 1.29 is 14.4 Å². The molecule has 0 fully saturated rings. The third-order valence-electron chi connectivity index (χ3n) is 4.56. The molecule has 3 amide bonds. The molecule has 0 bridgehead atoms. The summed E-state index contributed by atoms with van der Waals surface area (Å²) in [5.74, 6) is -1.02. The van der Waals surface area contributed by atoms with Gasteiger partial charge in [-0.3, -0.25) is 24.3 Å². The first-order chi connectivity index (χ1) is 14.0. The lowest BCUT2D eigenvalue weighted by molar-refractivity contribution is 0.0609. The first-order valence-corrected chi connectivity index (χ1v) is 9.99. The summed E-state index contributed by atoms with van der Waals surface area (Å²) >= 11 is 1.46.